The SMILES string of the molecule is NC(=NC1(CO)CC1)C1=C(N=CN2CCn3cnnc3C2)CCS1. The maximum absolute atomic E-state index is 9.42. The highest BCUT2D eigenvalue weighted by molar-refractivity contribution is 8.04. The Morgan fingerprint density at radius 2 is 2.33 bits per heavy atom. The summed E-state index contributed by atoms with van der Waals surface area (Å²) in [6.07, 6.45) is 6.36. The van der Waals surface area contributed by atoms with E-state index in [1.54, 1.807) is 18.1 Å². The van der Waals surface area contributed by atoms with E-state index in [-0.39, 0.29) is 12.1 Å². The van der Waals surface area contributed by atoms with Crippen LogP contribution in [0, 0.1) is 0 Å². The molecule has 1 aliphatic carbocycles. The lowest BCUT2D eigenvalue weighted by Crippen LogP contribution is -2.32. The average molecular weight is 347 g/mol. The minimum absolute atomic E-state index is 0.0682. The van der Waals surface area contributed by atoms with Crippen LogP contribution in [-0.2, 0) is 13.1 Å². The number of amidine groups is 1. The van der Waals surface area contributed by atoms with Crippen LogP contribution in [0.3, 0.4) is 0 Å². The molecule has 3 N–H and O–H groups in total. The first-order valence-corrected chi connectivity index (χ1v) is 9.15. The molecule has 4 rings (SSSR count). The third kappa shape index (κ3) is 3.05. The van der Waals surface area contributed by atoms with Crippen molar-refractivity contribution in [1.82, 2.24) is 19.7 Å². The molecule has 0 spiro atoms. The molecular weight excluding hydrogens is 326 g/mol. The number of rotatable bonds is 5. The molecule has 128 valence electrons. The van der Waals surface area contributed by atoms with Gasteiger partial charge in [-0.15, -0.1) is 22.0 Å². The largest absolute Gasteiger partial charge is 0.394 e. The fourth-order valence-electron chi connectivity index (χ4n) is 2.88. The van der Waals surface area contributed by atoms with Gasteiger partial charge in [0.15, 0.2) is 5.82 Å². The molecule has 24 heavy (non-hydrogen) atoms. The van der Waals surface area contributed by atoms with Crippen molar-refractivity contribution < 1.29 is 5.11 Å². The van der Waals surface area contributed by atoms with E-state index in [2.05, 4.69) is 29.6 Å². The zero-order chi connectivity index (χ0) is 16.6. The zero-order valence-corrected chi connectivity index (χ0v) is 14.2. The molecule has 1 fully saturated rings. The van der Waals surface area contributed by atoms with E-state index in [4.69, 9.17) is 5.73 Å². The quantitative estimate of drug-likeness (QED) is 0.588. The first kappa shape index (κ1) is 15.6. The highest BCUT2D eigenvalue weighted by Gasteiger charge is 2.42. The number of aliphatic hydroxyl groups excluding tert-OH is 1. The van der Waals surface area contributed by atoms with Gasteiger partial charge < -0.3 is 20.3 Å². The molecule has 0 radical (unpaired) electrons. The van der Waals surface area contributed by atoms with E-state index in [0.717, 1.165) is 61.1 Å². The van der Waals surface area contributed by atoms with Crippen LogP contribution in [-0.4, -0.2) is 61.4 Å². The molecule has 0 bridgehead atoms. The van der Waals surface area contributed by atoms with Gasteiger partial charge >= 0.3 is 0 Å². The smallest absolute Gasteiger partial charge is 0.152 e. The van der Waals surface area contributed by atoms with Crippen molar-refractivity contribution >= 4 is 23.9 Å². The maximum Gasteiger partial charge on any atom is 0.152 e. The number of aromatic nitrogens is 3. The van der Waals surface area contributed by atoms with Crippen molar-refractivity contribution in [2.24, 2.45) is 15.7 Å². The number of allylic oxidation sites excluding steroid dienone is 1. The van der Waals surface area contributed by atoms with Crippen LogP contribution >= 0.6 is 11.8 Å². The summed E-state index contributed by atoms with van der Waals surface area (Å²) < 4.78 is 2.06. The second-order valence-electron chi connectivity index (χ2n) is 6.41. The number of nitrogens with zero attached hydrogens (tertiary/aromatic N) is 6. The van der Waals surface area contributed by atoms with Crippen molar-refractivity contribution in [3.8, 4) is 0 Å². The van der Waals surface area contributed by atoms with Crippen LogP contribution in [0.1, 0.15) is 25.1 Å². The minimum Gasteiger partial charge on any atom is -0.394 e. The Balaban J connectivity index is 1.48. The van der Waals surface area contributed by atoms with Crippen molar-refractivity contribution in [3.63, 3.8) is 0 Å². The summed E-state index contributed by atoms with van der Waals surface area (Å²) in [7, 11) is 0. The van der Waals surface area contributed by atoms with Gasteiger partial charge in [-0.3, -0.25) is 4.99 Å². The lowest BCUT2D eigenvalue weighted by molar-refractivity contribution is 0.258. The molecule has 0 unspecified atom stereocenters. The molecule has 0 amide bonds. The zero-order valence-electron chi connectivity index (χ0n) is 13.4. The number of nitrogens with two attached hydrogens (primary N) is 1. The standard InChI is InChI=1S/C15H21N7OS/c16-14(19-15(8-23)2-3-15)13-11(1-6-24-13)17-9-21-4-5-22-10-18-20-12(22)7-21/h9-10,23H,1-8H2,(H2,16,19). The number of aliphatic hydroxyl groups is 1. The van der Waals surface area contributed by atoms with Crippen molar-refractivity contribution in [2.45, 2.75) is 37.9 Å². The molecule has 0 atom stereocenters. The fraction of sp³-hybridized carbons (Fsp3) is 0.600. The number of thioether (sulfide) groups is 1. The van der Waals surface area contributed by atoms with Gasteiger partial charge in [0.1, 0.15) is 12.2 Å². The summed E-state index contributed by atoms with van der Waals surface area (Å²) in [5.41, 5.74) is 6.84. The topological polar surface area (TPSA) is 105 Å². The van der Waals surface area contributed by atoms with Crippen LogP contribution in [0.15, 0.2) is 26.9 Å². The van der Waals surface area contributed by atoms with E-state index in [1.165, 1.54) is 0 Å². The van der Waals surface area contributed by atoms with Gasteiger partial charge in [-0.1, -0.05) is 0 Å². The van der Waals surface area contributed by atoms with Gasteiger partial charge in [0.05, 0.1) is 35.6 Å². The normalized spacial score (nSPS) is 23.2. The van der Waals surface area contributed by atoms with E-state index in [9.17, 15) is 5.11 Å². The predicted octanol–water partition coefficient (Wildman–Crippen LogP) is 0.353. The number of fused-ring (bicyclic) bond motifs is 1. The summed E-state index contributed by atoms with van der Waals surface area (Å²) >= 11 is 1.70. The van der Waals surface area contributed by atoms with Crippen molar-refractivity contribution in [1.29, 1.82) is 0 Å². The first-order chi connectivity index (χ1) is 11.7. The van der Waals surface area contributed by atoms with Crippen LogP contribution < -0.4 is 5.73 Å². The van der Waals surface area contributed by atoms with Crippen molar-refractivity contribution in [2.75, 3.05) is 18.9 Å². The maximum atomic E-state index is 9.42. The van der Waals surface area contributed by atoms with E-state index < -0.39 is 0 Å². The van der Waals surface area contributed by atoms with Crippen LogP contribution in [0.2, 0.25) is 0 Å². The summed E-state index contributed by atoms with van der Waals surface area (Å²) in [4.78, 5) is 12.3. The third-order valence-electron chi connectivity index (χ3n) is 4.60. The Labute approximate surface area is 144 Å². The van der Waals surface area contributed by atoms with Gasteiger partial charge in [0.2, 0.25) is 0 Å². The summed E-state index contributed by atoms with van der Waals surface area (Å²) in [5.74, 6) is 2.45. The van der Waals surface area contributed by atoms with Gasteiger partial charge in [-0.05, 0) is 12.8 Å². The molecule has 1 saturated carbocycles. The molecule has 1 aromatic rings. The second kappa shape index (κ2) is 6.21. The lowest BCUT2D eigenvalue weighted by atomic mass is 10.3. The van der Waals surface area contributed by atoms with Gasteiger partial charge in [0, 0.05) is 25.3 Å². The third-order valence-corrected chi connectivity index (χ3v) is 5.75. The molecule has 3 aliphatic rings. The molecule has 0 aromatic carbocycles. The highest BCUT2D eigenvalue weighted by Crippen LogP contribution is 2.41. The van der Waals surface area contributed by atoms with E-state index in [0.29, 0.717) is 5.84 Å². The number of aliphatic imine (C=N–C) groups is 2. The number of hydrogen-bond donors (Lipinski definition) is 2. The fourth-order valence-corrected chi connectivity index (χ4v) is 3.90. The summed E-state index contributed by atoms with van der Waals surface area (Å²) in [6, 6.07) is 0. The number of hydrogen-bond acceptors (Lipinski definition) is 6. The molecular formula is C15H21N7OS. The van der Waals surface area contributed by atoms with Gasteiger partial charge in [-0.2, -0.15) is 0 Å². The van der Waals surface area contributed by atoms with Crippen LogP contribution in [0.25, 0.3) is 0 Å². The first-order valence-electron chi connectivity index (χ1n) is 8.16. The Morgan fingerprint density at radius 3 is 3.12 bits per heavy atom. The summed E-state index contributed by atoms with van der Waals surface area (Å²) in [5, 5.41) is 17.5. The highest BCUT2D eigenvalue weighted by atomic mass is 32.2. The Hall–Kier alpha value is -1.87. The van der Waals surface area contributed by atoms with Crippen molar-refractivity contribution in [3.05, 3.63) is 22.8 Å². The van der Waals surface area contributed by atoms with Crippen LogP contribution in [0.4, 0.5) is 0 Å². The molecule has 8 nitrogen and oxygen atoms in total. The Kier molecular flexibility index (Phi) is 4.05. The summed E-state index contributed by atoms with van der Waals surface area (Å²) in [6.45, 7) is 2.55. The lowest BCUT2D eigenvalue weighted by Gasteiger charge is -2.24. The average Bonchev–Trinajstić information content (AvgIpc) is 3.01. The molecule has 2 aliphatic heterocycles. The van der Waals surface area contributed by atoms with E-state index in [1.807, 2.05) is 6.34 Å². The Morgan fingerprint density at radius 1 is 1.46 bits per heavy atom. The Bertz CT molecular complexity index is 719. The van der Waals surface area contributed by atoms with Crippen LogP contribution in [0.5, 0.6) is 0 Å². The molecule has 3 heterocycles. The second-order valence-corrected chi connectivity index (χ2v) is 7.51. The van der Waals surface area contributed by atoms with Gasteiger partial charge in [-0.25, -0.2) is 4.99 Å². The predicted molar refractivity (Wildman–Crippen MR) is 93.7 cm³/mol. The minimum atomic E-state index is -0.327. The molecule has 9 heteroatoms. The molecule has 0 saturated heterocycles. The molecule has 1 aromatic heterocycles. The van der Waals surface area contributed by atoms with Gasteiger partial charge in [0.25, 0.3) is 0 Å². The monoisotopic (exact) mass is 347 g/mol. The van der Waals surface area contributed by atoms with E-state index >= 15 is 0 Å².